The van der Waals surface area contributed by atoms with Gasteiger partial charge in [-0.1, -0.05) is 13.0 Å². The van der Waals surface area contributed by atoms with Gasteiger partial charge in [-0.15, -0.1) is 0 Å². The lowest BCUT2D eigenvalue weighted by molar-refractivity contribution is 0.419. The third-order valence-corrected chi connectivity index (χ3v) is 5.21. The molecule has 4 N–H and O–H groups in total. The predicted octanol–water partition coefficient (Wildman–Crippen LogP) is 3.02. The molecule has 0 unspecified atom stereocenters. The maximum Gasteiger partial charge on any atom is 0.229 e. The molecule has 0 spiro atoms. The van der Waals surface area contributed by atoms with Crippen LogP contribution in [-0.2, 0) is 0 Å². The highest BCUT2D eigenvalue weighted by atomic mass is 16.5. The normalized spacial score (nSPS) is 15.9. The first kappa shape index (κ1) is 19.7. The average Bonchev–Trinajstić information content (AvgIpc) is 3.21. The number of para-hydroxylation sites is 1. The second-order valence-electron chi connectivity index (χ2n) is 7.30. The first-order valence-electron chi connectivity index (χ1n) is 10.0. The molecule has 1 aromatic heterocycles. The van der Waals surface area contributed by atoms with Crippen molar-refractivity contribution < 1.29 is 4.74 Å². The maximum atomic E-state index is 9.22. The van der Waals surface area contributed by atoms with E-state index < -0.39 is 0 Å². The molecule has 0 saturated carbocycles. The average molecular weight is 403 g/mol. The standard InChI is InChI=1S/C22H25N7O/c1-3-25-16-7-8-29(13-16)21-18-5-4-6-19(30-2)20(18)27-22(28-21)26-17-10-14(12-23)9-15(24)11-17/h4-6,9-11,16,25H,3,7-8,13,24H2,1-2H3,(H,26,27,28)/t16-/m0/s1. The molecule has 2 aromatic carbocycles. The van der Waals surface area contributed by atoms with Crippen LogP contribution >= 0.6 is 0 Å². The summed E-state index contributed by atoms with van der Waals surface area (Å²) in [6.07, 6.45) is 1.06. The van der Waals surface area contributed by atoms with Gasteiger partial charge in [0.15, 0.2) is 0 Å². The molecule has 1 aliphatic heterocycles. The summed E-state index contributed by atoms with van der Waals surface area (Å²) in [5, 5.41) is 16.9. The lowest BCUT2D eigenvalue weighted by atomic mass is 10.2. The highest BCUT2D eigenvalue weighted by Gasteiger charge is 2.25. The van der Waals surface area contributed by atoms with Gasteiger partial charge in [-0.2, -0.15) is 10.2 Å². The van der Waals surface area contributed by atoms with Gasteiger partial charge in [0.25, 0.3) is 0 Å². The van der Waals surface area contributed by atoms with E-state index in [-0.39, 0.29) is 0 Å². The largest absolute Gasteiger partial charge is 0.494 e. The zero-order chi connectivity index (χ0) is 21.1. The molecule has 0 radical (unpaired) electrons. The van der Waals surface area contributed by atoms with Gasteiger partial charge in [0.05, 0.1) is 18.7 Å². The summed E-state index contributed by atoms with van der Waals surface area (Å²) < 4.78 is 5.55. The minimum Gasteiger partial charge on any atom is -0.494 e. The number of methoxy groups -OCH3 is 1. The number of hydrogen-bond donors (Lipinski definition) is 3. The number of anilines is 4. The summed E-state index contributed by atoms with van der Waals surface area (Å²) in [5.74, 6) is 1.99. The SMILES string of the molecule is CCN[C@H]1CCN(c2nc(Nc3cc(N)cc(C#N)c3)nc3c(OC)cccc23)C1. The second kappa shape index (κ2) is 8.43. The lowest BCUT2D eigenvalue weighted by Gasteiger charge is -2.21. The molecule has 8 nitrogen and oxygen atoms in total. The van der Waals surface area contributed by atoms with Crippen molar-refractivity contribution in [2.75, 3.05) is 42.7 Å². The molecule has 1 saturated heterocycles. The molecular weight excluding hydrogens is 378 g/mol. The van der Waals surface area contributed by atoms with Gasteiger partial charge in [0.1, 0.15) is 17.1 Å². The summed E-state index contributed by atoms with van der Waals surface area (Å²) in [6.45, 7) is 4.86. The number of aromatic nitrogens is 2. The Morgan fingerprint density at radius 3 is 2.93 bits per heavy atom. The number of nitrogens with one attached hydrogen (secondary N) is 2. The minimum absolute atomic E-state index is 0.434. The number of ether oxygens (including phenoxy) is 1. The third-order valence-electron chi connectivity index (χ3n) is 5.21. The van der Waals surface area contributed by atoms with Crippen molar-refractivity contribution in [3.05, 3.63) is 42.0 Å². The van der Waals surface area contributed by atoms with Crippen LogP contribution in [0.4, 0.5) is 23.1 Å². The molecule has 30 heavy (non-hydrogen) atoms. The van der Waals surface area contributed by atoms with Gasteiger partial charge in [-0.25, -0.2) is 4.98 Å². The zero-order valence-electron chi connectivity index (χ0n) is 17.1. The number of nitrogen functional groups attached to an aromatic ring is 1. The van der Waals surface area contributed by atoms with Crippen LogP contribution in [0, 0.1) is 11.3 Å². The van der Waals surface area contributed by atoms with E-state index in [9.17, 15) is 5.26 Å². The van der Waals surface area contributed by atoms with Crippen molar-refractivity contribution in [3.63, 3.8) is 0 Å². The van der Waals surface area contributed by atoms with Crippen molar-refractivity contribution in [3.8, 4) is 11.8 Å². The highest BCUT2D eigenvalue weighted by molar-refractivity contribution is 5.94. The molecule has 0 bridgehead atoms. The fraction of sp³-hybridized carbons (Fsp3) is 0.318. The van der Waals surface area contributed by atoms with Gasteiger partial charge < -0.3 is 26.0 Å². The molecule has 4 rings (SSSR count). The molecule has 1 atom stereocenters. The topological polar surface area (TPSA) is 112 Å². The molecule has 0 amide bonds. The Morgan fingerprint density at radius 2 is 2.17 bits per heavy atom. The van der Waals surface area contributed by atoms with E-state index in [1.807, 2.05) is 18.2 Å². The van der Waals surface area contributed by atoms with Crippen LogP contribution in [0.25, 0.3) is 10.9 Å². The Kier molecular flexibility index (Phi) is 5.55. The molecule has 0 aliphatic carbocycles. The number of nitrogens with two attached hydrogens (primary N) is 1. The maximum absolute atomic E-state index is 9.22. The molecule has 1 fully saturated rings. The van der Waals surface area contributed by atoms with E-state index in [0.29, 0.717) is 34.7 Å². The smallest absolute Gasteiger partial charge is 0.229 e. The monoisotopic (exact) mass is 403 g/mol. The van der Waals surface area contributed by atoms with Crippen LogP contribution in [-0.4, -0.2) is 42.8 Å². The van der Waals surface area contributed by atoms with Gasteiger partial charge in [0.2, 0.25) is 5.95 Å². The Hall–Kier alpha value is -3.57. The number of rotatable bonds is 6. The molecule has 3 aromatic rings. The van der Waals surface area contributed by atoms with Crippen molar-refractivity contribution in [1.82, 2.24) is 15.3 Å². The first-order chi connectivity index (χ1) is 14.6. The quantitative estimate of drug-likeness (QED) is 0.539. The Morgan fingerprint density at radius 1 is 1.30 bits per heavy atom. The molecular formula is C22H25N7O. The zero-order valence-corrected chi connectivity index (χ0v) is 17.1. The van der Waals surface area contributed by atoms with E-state index in [1.54, 1.807) is 25.3 Å². The van der Waals surface area contributed by atoms with E-state index in [4.69, 9.17) is 20.4 Å². The van der Waals surface area contributed by atoms with Gasteiger partial charge in [-0.05, 0) is 43.3 Å². The van der Waals surface area contributed by atoms with Crippen LogP contribution in [0.2, 0.25) is 0 Å². The number of benzene rings is 2. The second-order valence-corrected chi connectivity index (χ2v) is 7.30. The lowest BCUT2D eigenvalue weighted by Crippen LogP contribution is -2.32. The summed E-state index contributed by atoms with van der Waals surface area (Å²) in [4.78, 5) is 11.8. The highest BCUT2D eigenvalue weighted by Crippen LogP contribution is 2.33. The number of nitriles is 1. The van der Waals surface area contributed by atoms with E-state index in [1.165, 1.54) is 0 Å². The summed E-state index contributed by atoms with van der Waals surface area (Å²) >= 11 is 0. The Balaban J connectivity index is 1.77. The van der Waals surface area contributed by atoms with Crippen LogP contribution < -0.4 is 26.0 Å². The van der Waals surface area contributed by atoms with Crippen LogP contribution in [0.5, 0.6) is 5.75 Å². The van der Waals surface area contributed by atoms with Crippen LogP contribution in [0.3, 0.4) is 0 Å². The first-order valence-corrected chi connectivity index (χ1v) is 10.0. The van der Waals surface area contributed by atoms with Crippen molar-refractivity contribution >= 4 is 34.0 Å². The van der Waals surface area contributed by atoms with Crippen LogP contribution in [0.1, 0.15) is 18.9 Å². The third kappa shape index (κ3) is 3.93. The van der Waals surface area contributed by atoms with Crippen LogP contribution in [0.15, 0.2) is 36.4 Å². The van der Waals surface area contributed by atoms with Crippen molar-refractivity contribution in [1.29, 1.82) is 5.26 Å². The Bertz CT molecular complexity index is 1110. The minimum atomic E-state index is 0.434. The fourth-order valence-corrected chi connectivity index (χ4v) is 3.90. The fourth-order valence-electron chi connectivity index (χ4n) is 3.90. The van der Waals surface area contributed by atoms with E-state index >= 15 is 0 Å². The van der Waals surface area contributed by atoms with Gasteiger partial charge in [-0.3, -0.25) is 0 Å². The van der Waals surface area contributed by atoms with E-state index in [2.05, 4.69) is 28.5 Å². The molecule has 154 valence electrons. The number of hydrogen-bond acceptors (Lipinski definition) is 8. The van der Waals surface area contributed by atoms with Crippen molar-refractivity contribution in [2.45, 2.75) is 19.4 Å². The summed E-state index contributed by atoms with van der Waals surface area (Å²) in [5.41, 5.74) is 8.31. The molecule has 2 heterocycles. The predicted molar refractivity (Wildman–Crippen MR) is 119 cm³/mol. The number of fused-ring (bicyclic) bond motifs is 1. The number of nitrogens with zero attached hydrogens (tertiary/aromatic N) is 4. The van der Waals surface area contributed by atoms with Gasteiger partial charge in [0, 0.05) is 35.9 Å². The molecule has 1 aliphatic rings. The molecule has 8 heteroatoms. The Labute approximate surface area is 175 Å². The van der Waals surface area contributed by atoms with E-state index in [0.717, 1.165) is 42.8 Å². The summed E-state index contributed by atoms with van der Waals surface area (Å²) in [7, 11) is 1.64. The van der Waals surface area contributed by atoms with Gasteiger partial charge >= 0.3 is 0 Å². The summed E-state index contributed by atoms with van der Waals surface area (Å²) in [6, 6.07) is 13.5. The number of likely N-dealkylation sites (N-methyl/N-ethyl adjacent to an activating group) is 1. The van der Waals surface area contributed by atoms with Crippen molar-refractivity contribution in [2.24, 2.45) is 0 Å².